The number of carboxylic acids is 1. The van der Waals surface area contributed by atoms with Gasteiger partial charge in [-0.2, -0.15) is 0 Å². The molecule has 2 rings (SSSR count). The second-order valence-corrected chi connectivity index (χ2v) is 8.01. The molecule has 1 aromatic rings. The number of hydrogen-bond acceptors (Lipinski definition) is 3. The van der Waals surface area contributed by atoms with Crippen LogP contribution in [0.1, 0.15) is 43.2 Å². The highest BCUT2D eigenvalue weighted by molar-refractivity contribution is 7.92. The van der Waals surface area contributed by atoms with Crippen LogP contribution in [0.5, 0.6) is 0 Å². The lowest BCUT2D eigenvalue weighted by molar-refractivity contribution is -0.137. The van der Waals surface area contributed by atoms with E-state index in [1.165, 1.54) is 0 Å². The van der Waals surface area contributed by atoms with Crippen LogP contribution in [0, 0.1) is 19.8 Å². The van der Waals surface area contributed by atoms with Crippen LogP contribution in [0.15, 0.2) is 23.1 Å². The average Bonchev–Trinajstić information content (AvgIpc) is 2.42. The molecule has 4 nitrogen and oxygen atoms in total. The zero-order valence-corrected chi connectivity index (χ0v) is 13.3. The Kier molecular flexibility index (Phi) is 4.71. The van der Waals surface area contributed by atoms with E-state index in [9.17, 15) is 18.3 Å². The predicted octanol–water partition coefficient (Wildman–Crippen LogP) is 3.11. The number of carboxylic acid groups (broad SMARTS) is 1. The van der Waals surface area contributed by atoms with E-state index in [1.807, 2.05) is 13.0 Å². The molecule has 21 heavy (non-hydrogen) atoms. The van der Waals surface area contributed by atoms with Crippen LogP contribution >= 0.6 is 0 Å². The third-order valence-corrected chi connectivity index (χ3v) is 6.61. The molecular weight excluding hydrogens is 288 g/mol. The van der Waals surface area contributed by atoms with Gasteiger partial charge in [-0.05, 0) is 49.8 Å². The van der Waals surface area contributed by atoms with Crippen molar-refractivity contribution < 1.29 is 18.3 Å². The van der Waals surface area contributed by atoms with Gasteiger partial charge in [0, 0.05) is 0 Å². The summed E-state index contributed by atoms with van der Waals surface area (Å²) in [5.41, 5.74) is 1.44. The molecule has 5 heteroatoms. The van der Waals surface area contributed by atoms with Crippen LogP contribution in [-0.4, -0.2) is 24.7 Å². The number of hydrogen-bond donors (Lipinski definition) is 1. The van der Waals surface area contributed by atoms with E-state index in [0.717, 1.165) is 24.8 Å². The first-order valence-corrected chi connectivity index (χ1v) is 8.92. The van der Waals surface area contributed by atoms with Crippen molar-refractivity contribution in [1.82, 2.24) is 0 Å². The molecule has 1 aromatic carbocycles. The Morgan fingerprint density at radius 3 is 2.38 bits per heavy atom. The standard InChI is InChI=1S/C16H22O4S/c1-11-8-9-12(2)14(10-11)21(19,20)15(16(17)18)13-6-4-3-5-7-13/h8-10,13,15H,3-7H2,1-2H3,(H,17,18). The molecule has 0 aromatic heterocycles. The first-order chi connectivity index (χ1) is 9.84. The molecule has 0 aliphatic heterocycles. The number of aryl methyl sites for hydroxylation is 2. The first-order valence-electron chi connectivity index (χ1n) is 7.38. The summed E-state index contributed by atoms with van der Waals surface area (Å²) in [7, 11) is -3.85. The minimum Gasteiger partial charge on any atom is -0.480 e. The lowest BCUT2D eigenvalue weighted by atomic mass is 9.87. The maximum atomic E-state index is 12.9. The van der Waals surface area contributed by atoms with Crippen LogP contribution < -0.4 is 0 Å². The maximum Gasteiger partial charge on any atom is 0.322 e. The van der Waals surface area contributed by atoms with Crippen molar-refractivity contribution in [2.45, 2.75) is 56.1 Å². The summed E-state index contributed by atoms with van der Waals surface area (Å²) in [6.07, 6.45) is 4.25. The number of benzene rings is 1. The Morgan fingerprint density at radius 1 is 1.19 bits per heavy atom. The van der Waals surface area contributed by atoms with Gasteiger partial charge in [0.15, 0.2) is 15.1 Å². The van der Waals surface area contributed by atoms with E-state index in [1.54, 1.807) is 19.1 Å². The Morgan fingerprint density at radius 2 is 1.81 bits per heavy atom. The molecule has 1 atom stereocenters. The minimum atomic E-state index is -3.85. The van der Waals surface area contributed by atoms with Gasteiger partial charge < -0.3 is 5.11 Å². The summed E-state index contributed by atoms with van der Waals surface area (Å²) < 4.78 is 25.7. The van der Waals surface area contributed by atoms with Gasteiger partial charge in [0.05, 0.1) is 4.90 Å². The highest BCUT2D eigenvalue weighted by Gasteiger charge is 2.41. The Hall–Kier alpha value is -1.36. The van der Waals surface area contributed by atoms with E-state index < -0.39 is 21.1 Å². The normalized spacial score (nSPS) is 18.4. The van der Waals surface area contributed by atoms with Gasteiger partial charge >= 0.3 is 5.97 Å². The minimum absolute atomic E-state index is 0.167. The molecule has 0 spiro atoms. The number of aliphatic carboxylic acids is 1. The van der Waals surface area contributed by atoms with Crippen LogP contribution in [0.25, 0.3) is 0 Å². The molecule has 0 saturated heterocycles. The van der Waals surface area contributed by atoms with Gasteiger partial charge in [0.2, 0.25) is 0 Å². The fourth-order valence-electron chi connectivity index (χ4n) is 3.18. The van der Waals surface area contributed by atoms with E-state index in [-0.39, 0.29) is 10.8 Å². The molecule has 1 aliphatic rings. The summed E-state index contributed by atoms with van der Waals surface area (Å²) in [6.45, 7) is 3.53. The molecule has 1 N–H and O–H groups in total. The molecule has 0 heterocycles. The molecule has 1 fully saturated rings. The van der Waals surface area contributed by atoms with Crippen molar-refractivity contribution in [3.05, 3.63) is 29.3 Å². The zero-order valence-electron chi connectivity index (χ0n) is 12.5. The molecule has 0 bridgehead atoms. The molecule has 1 aliphatic carbocycles. The van der Waals surface area contributed by atoms with Gasteiger partial charge in [-0.1, -0.05) is 31.4 Å². The van der Waals surface area contributed by atoms with Crippen LogP contribution in [0.2, 0.25) is 0 Å². The Balaban J connectivity index is 2.47. The quantitative estimate of drug-likeness (QED) is 0.927. The smallest absolute Gasteiger partial charge is 0.322 e. The van der Waals surface area contributed by atoms with Gasteiger partial charge in [-0.15, -0.1) is 0 Å². The fourth-order valence-corrected chi connectivity index (χ4v) is 5.36. The molecule has 0 amide bonds. The van der Waals surface area contributed by atoms with Crippen LogP contribution in [0.3, 0.4) is 0 Å². The topological polar surface area (TPSA) is 71.4 Å². The van der Waals surface area contributed by atoms with Crippen molar-refractivity contribution >= 4 is 15.8 Å². The summed E-state index contributed by atoms with van der Waals surface area (Å²) in [6, 6.07) is 5.16. The Bertz CT molecular complexity index is 628. The fraction of sp³-hybridized carbons (Fsp3) is 0.562. The predicted molar refractivity (Wildman–Crippen MR) is 81.1 cm³/mol. The summed E-state index contributed by atoms with van der Waals surface area (Å²) in [4.78, 5) is 11.8. The number of rotatable bonds is 4. The summed E-state index contributed by atoms with van der Waals surface area (Å²) in [5, 5.41) is 8.18. The molecule has 0 radical (unpaired) electrons. The second-order valence-electron chi connectivity index (χ2n) is 5.97. The number of sulfone groups is 1. The van der Waals surface area contributed by atoms with E-state index in [4.69, 9.17) is 0 Å². The largest absolute Gasteiger partial charge is 0.480 e. The van der Waals surface area contributed by atoms with Gasteiger partial charge in [0.1, 0.15) is 0 Å². The highest BCUT2D eigenvalue weighted by atomic mass is 32.2. The second kappa shape index (κ2) is 6.18. The lowest BCUT2D eigenvalue weighted by Gasteiger charge is -2.27. The van der Waals surface area contributed by atoms with E-state index in [0.29, 0.717) is 18.4 Å². The SMILES string of the molecule is Cc1ccc(C)c(S(=O)(=O)C(C(=O)O)C2CCCCC2)c1. The van der Waals surface area contributed by atoms with Crippen molar-refractivity contribution in [3.8, 4) is 0 Å². The zero-order chi connectivity index (χ0) is 15.6. The van der Waals surface area contributed by atoms with Gasteiger partial charge in [-0.25, -0.2) is 8.42 Å². The molecular formula is C16H22O4S. The summed E-state index contributed by atoms with van der Waals surface area (Å²) >= 11 is 0. The average molecular weight is 310 g/mol. The lowest BCUT2D eigenvalue weighted by Crippen LogP contribution is -2.38. The monoisotopic (exact) mass is 310 g/mol. The van der Waals surface area contributed by atoms with Gasteiger partial charge in [0.25, 0.3) is 0 Å². The third kappa shape index (κ3) is 3.28. The van der Waals surface area contributed by atoms with Crippen molar-refractivity contribution in [2.24, 2.45) is 5.92 Å². The highest BCUT2D eigenvalue weighted by Crippen LogP contribution is 2.34. The maximum absolute atomic E-state index is 12.9. The molecule has 1 saturated carbocycles. The van der Waals surface area contributed by atoms with Gasteiger partial charge in [-0.3, -0.25) is 4.79 Å². The number of carbonyl (C=O) groups is 1. The first kappa shape index (κ1) is 16.0. The van der Waals surface area contributed by atoms with E-state index >= 15 is 0 Å². The molecule has 116 valence electrons. The van der Waals surface area contributed by atoms with Crippen molar-refractivity contribution in [1.29, 1.82) is 0 Å². The van der Waals surface area contributed by atoms with Crippen LogP contribution in [-0.2, 0) is 14.6 Å². The van der Waals surface area contributed by atoms with Crippen LogP contribution in [0.4, 0.5) is 0 Å². The Labute approximate surface area is 126 Å². The summed E-state index contributed by atoms with van der Waals surface area (Å²) in [5.74, 6) is -1.50. The molecule has 1 unspecified atom stereocenters. The van der Waals surface area contributed by atoms with Crippen molar-refractivity contribution in [2.75, 3.05) is 0 Å². The van der Waals surface area contributed by atoms with E-state index in [2.05, 4.69) is 0 Å². The third-order valence-electron chi connectivity index (χ3n) is 4.31. The van der Waals surface area contributed by atoms with Crippen molar-refractivity contribution in [3.63, 3.8) is 0 Å².